The molecule has 5 nitrogen and oxygen atoms in total. The number of hydrogen-bond acceptors (Lipinski definition) is 4. The molecule has 13 heavy (non-hydrogen) atoms. The minimum atomic E-state index is -0.396. The van der Waals surface area contributed by atoms with Crippen molar-refractivity contribution >= 4 is 33.1 Å². The van der Waals surface area contributed by atoms with Crippen LogP contribution in [0, 0.1) is 0 Å². The largest absolute Gasteiger partial charge is 0.444 e. The van der Waals surface area contributed by atoms with Gasteiger partial charge in [-0.1, -0.05) is 0 Å². The first-order valence-corrected chi connectivity index (χ1v) is 3.72. The third kappa shape index (κ3) is 0.438. The first-order valence-electron chi connectivity index (χ1n) is 3.72. The quantitative estimate of drug-likeness (QED) is 0.426. The van der Waals surface area contributed by atoms with Crippen LogP contribution in [0.15, 0.2) is 18.4 Å². The second-order valence-corrected chi connectivity index (χ2v) is 3.05. The van der Waals surface area contributed by atoms with Gasteiger partial charge < -0.3 is 8.83 Å². The van der Waals surface area contributed by atoms with Gasteiger partial charge in [0.05, 0.1) is 0 Å². The topological polar surface area (TPSA) is 76.2 Å². The fourth-order valence-corrected chi connectivity index (χ4v) is 1.67. The molecule has 3 aromatic heterocycles. The molecule has 1 N–H and O–H groups in total. The van der Waals surface area contributed by atoms with Crippen molar-refractivity contribution in [2.45, 2.75) is 0 Å². The Balaban J connectivity index is 2.65. The third-order valence-corrected chi connectivity index (χ3v) is 2.33. The highest BCUT2D eigenvalue weighted by Gasteiger charge is 2.30. The summed E-state index contributed by atoms with van der Waals surface area (Å²) in [5.74, 6) is 0. The summed E-state index contributed by atoms with van der Waals surface area (Å²) in [4.78, 5) is 24.7. The van der Waals surface area contributed by atoms with Gasteiger partial charge in [0.15, 0.2) is 11.2 Å². The third-order valence-electron chi connectivity index (χ3n) is 2.33. The molecule has 0 aliphatic heterocycles. The Hall–Kier alpha value is -2.04. The highest BCUT2D eigenvalue weighted by molar-refractivity contribution is 6.24. The van der Waals surface area contributed by atoms with Gasteiger partial charge in [-0.2, -0.15) is 0 Å². The molecule has 0 fully saturated rings. The van der Waals surface area contributed by atoms with E-state index in [2.05, 4.69) is 4.98 Å². The van der Waals surface area contributed by atoms with Gasteiger partial charge >= 0.3 is 0 Å². The van der Waals surface area contributed by atoms with Gasteiger partial charge in [-0.05, 0) is 0 Å². The van der Waals surface area contributed by atoms with Crippen LogP contribution in [0.2, 0.25) is 0 Å². The second kappa shape index (κ2) is 1.28. The molecule has 5 heteroatoms. The Morgan fingerprint density at radius 1 is 0.769 bits per heavy atom. The van der Waals surface area contributed by atoms with Crippen LogP contribution in [0.25, 0.3) is 33.1 Å². The molecule has 1 aromatic carbocycles. The summed E-state index contributed by atoms with van der Waals surface area (Å²) < 4.78 is 10.1. The number of fused-ring (bicyclic) bond motifs is 6. The molecule has 0 amide bonds. The van der Waals surface area contributed by atoms with Crippen LogP contribution < -0.4 is 11.1 Å². The molecule has 0 spiro atoms. The van der Waals surface area contributed by atoms with Gasteiger partial charge in [0, 0.05) is 0 Å². The number of hydrogen-bond donors (Lipinski definition) is 1. The van der Waals surface area contributed by atoms with Crippen molar-refractivity contribution < 1.29 is 8.83 Å². The van der Waals surface area contributed by atoms with Crippen molar-refractivity contribution in [3.63, 3.8) is 0 Å². The predicted molar refractivity (Wildman–Crippen MR) is 43.9 cm³/mol. The molecule has 0 saturated carbocycles. The lowest BCUT2D eigenvalue weighted by Gasteiger charge is -1.69. The van der Waals surface area contributed by atoms with Crippen molar-refractivity contribution in [3.8, 4) is 0 Å². The normalized spacial score (nSPS) is 13.2. The maximum absolute atomic E-state index is 11.2. The monoisotopic (exact) mass is 175 g/mol. The summed E-state index contributed by atoms with van der Waals surface area (Å²) in [5, 5.41) is 0.660. The fourth-order valence-electron chi connectivity index (χ4n) is 1.67. The van der Waals surface area contributed by atoms with Gasteiger partial charge in [0.25, 0.3) is 11.1 Å². The molecule has 0 aliphatic rings. The average Bonchev–Trinajstić information content (AvgIpc) is 2.94. The molecule has 0 unspecified atom stereocenters. The van der Waals surface area contributed by atoms with Crippen LogP contribution in [0.3, 0.4) is 0 Å². The zero-order valence-corrected chi connectivity index (χ0v) is 6.13. The molecule has 3 heterocycles. The summed E-state index contributed by atoms with van der Waals surface area (Å²) >= 11 is 0. The number of nitrogens with one attached hydrogen (secondary N) is 1. The number of H-pyrrole nitrogens is 1. The van der Waals surface area contributed by atoms with Gasteiger partial charge in [-0.25, -0.2) is 0 Å². The van der Waals surface area contributed by atoms with E-state index in [9.17, 15) is 9.59 Å². The Morgan fingerprint density at radius 3 is 1.69 bits per heavy atom. The fraction of sp³-hybridized carbons (Fsp3) is 0. The molecular formula is C8HNO4. The molecular weight excluding hydrogens is 174 g/mol. The number of rotatable bonds is 0. The zero-order valence-electron chi connectivity index (χ0n) is 6.13. The Morgan fingerprint density at radius 2 is 1.23 bits per heavy atom. The maximum Gasteiger partial charge on any atom is 0.263 e. The van der Waals surface area contributed by atoms with Crippen molar-refractivity contribution in [2.24, 2.45) is 0 Å². The summed E-state index contributed by atoms with van der Waals surface area (Å²) in [6.45, 7) is 0. The van der Waals surface area contributed by atoms with Gasteiger partial charge in [-0.15, -0.1) is 0 Å². The van der Waals surface area contributed by atoms with E-state index >= 15 is 0 Å². The highest BCUT2D eigenvalue weighted by atomic mass is 16.4. The maximum atomic E-state index is 11.2. The lowest BCUT2D eigenvalue weighted by atomic mass is 10.2. The van der Waals surface area contributed by atoms with E-state index in [0.29, 0.717) is 33.1 Å². The highest BCUT2D eigenvalue weighted by Crippen LogP contribution is 2.43. The lowest BCUT2D eigenvalue weighted by molar-refractivity contribution is 0.734. The Labute approximate surface area is 68.6 Å². The molecule has 0 atom stereocenters. The zero-order chi connectivity index (χ0) is 8.74. The van der Waals surface area contributed by atoms with E-state index in [1.165, 1.54) is 0 Å². The Kier molecular flexibility index (Phi) is 0.551. The molecule has 62 valence electrons. The second-order valence-electron chi connectivity index (χ2n) is 3.05. The molecule has 0 aliphatic carbocycles. The van der Waals surface area contributed by atoms with E-state index < -0.39 is 11.1 Å². The van der Waals surface area contributed by atoms with Crippen LogP contribution in [0.5, 0.6) is 0 Å². The summed E-state index contributed by atoms with van der Waals surface area (Å²) in [5.41, 5.74) is 1.42. The average molecular weight is 175 g/mol. The van der Waals surface area contributed by atoms with Gasteiger partial charge in [-0.3, -0.25) is 14.6 Å². The first-order chi connectivity index (χ1) is 6.27. The number of aromatic amines is 1. The summed E-state index contributed by atoms with van der Waals surface area (Å²) in [6, 6.07) is 0. The van der Waals surface area contributed by atoms with Crippen molar-refractivity contribution in [2.75, 3.05) is 0 Å². The SMILES string of the molecule is O=c1[nH]c(=O)c2c3oc3c3oc3c12. The van der Waals surface area contributed by atoms with Crippen molar-refractivity contribution in [3.05, 3.63) is 20.7 Å². The first kappa shape index (κ1) is 5.58. The number of benzene rings is 1. The summed E-state index contributed by atoms with van der Waals surface area (Å²) in [7, 11) is 0. The minimum absolute atomic E-state index is 0.330. The predicted octanol–water partition coefficient (Wildman–Crippen LogP) is 0.694. The minimum Gasteiger partial charge on any atom is -0.444 e. The van der Waals surface area contributed by atoms with Crippen LogP contribution in [0.4, 0.5) is 0 Å². The van der Waals surface area contributed by atoms with E-state index in [1.807, 2.05) is 0 Å². The van der Waals surface area contributed by atoms with E-state index in [4.69, 9.17) is 8.83 Å². The van der Waals surface area contributed by atoms with Crippen LogP contribution >= 0.6 is 0 Å². The smallest absolute Gasteiger partial charge is 0.263 e. The molecule has 0 radical (unpaired) electrons. The van der Waals surface area contributed by atoms with Crippen LogP contribution in [-0.2, 0) is 0 Å². The molecule has 4 rings (SSSR count). The standard InChI is InChI=1S/C8HNO4/c10-7-1-2(8(11)9-7)4-6(13-4)5-3(1)12-5/h(H,9,10,11). The van der Waals surface area contributed by atoms with Gasteiger partial charge in [0.2, 0.25) is 11.2 Å². The van der Waals surface area contributed by atoms with E-state index in [1.54, 1.807) is 0 Å². The van der Waals surface area contributed by atoms with E-state index in [-0.39, 0.29) is 0 Å². The molecule has 0 saturated heterocycles. The van der Waals surface area contributed by atoms with Crippen molar-refractivity contribution in [1.82, 2.24) is 4.98 Å². The lowest BCUT2D eigenvalue weighted by Crippen LogP contribution is -2.05. The Bertz CT molecular complexity index is 749. The molecule has 0 bridgehead atoms. The van der Waals surface area contributed by atoms with Crippen LogP contribution in [0.1, 0.15) is 0 Å². The summed E-state index contributed by atoms with van der Waals surface area (Å²) in [6.07, 6.45) is 0. The van der Waals surface area contributed by atoms with Crippen molar-refractivity contribution in [1.29, 1.82) is 0 Å². The number of aromatic nitrogens is 1. The van der Waals surface area contributed by atoms with E-state index in [0.717, 1.165) is 0 Å². The van der Waals surface area contributed by atoms with Crippen LogP contribution in [-0.4, -0.2) is 4.98 Å². The molecule has 4 aromatic rings. The van der Waals surface area contributed by atoms with Gasteiger partial charge in [0.1, 0.15) is 10.8 Å².